The molecule has 0 spiro atoms. The molecular weight excluding hydrogens is 367 g/mol. The van der Waals surface area contributed by atoms with E-state index < -0.39 is 0 Å². The smallest absolute Gasteiger partial charge is 0.258 e. The van der Waals surface area contributed by atoms with Gasteiger partial charge in [0.05, 0.1) is 5.56 Å². The van der Waals surface area contributed by atoms with E-state index in [1.54, 1.807) is 30.3 Å². The lowest BCUT2D eigenvalue weighted by Gasteiger charge is -2.09. The fourth-order valence-electron chi connectivity index (χ4n) is 2.44. The van der Waals surface area contributed by atoms with Crippen LogP contribution in [0.15, 0.2) is 54.9 Å². The zero-order valence-corrected chi connectivity index (χ0v) is 15.4. The number of aromatic nitrogens is 2. The minimum atomic E-state index is -0.307. The SMILES string of the molecule is Cc1c(Cl)cccc1NC(=O)c1cnc(NCCc2ccc(F)cc2)nc1. The maximum atomic E-state index is 12.9. The minimum absolute atomic E-state index is 0.253. The van der Waals surface area contributed by atoms with Crippen LogP contribution < -0.4 is 10.6 Å². The van der Waals surface area contributed by atoms with Gasteiger partial charge < -0.3 is 10.6 Å². The molecular formula is C20H18ClFN4O. The van der Waals surface area contributed by atoms with E-state index in [0.29, 0.717) is 35.2 Å². The van der Waals surface area contributed by atoms with Crippen molar-refractivity contribution in [1.29, 1.82) is 0 Å². The number of hydrogen-bond acceptors (Lipinski definition) is 4. The van der Waals surface area contributed by atoms with Crippen molar-refractivity contribution in [2.45, 2.75) is 13.3 Å². The van der Waals surface area contributed by atoms with Crippen LogP contribution in [0, 0.1) is 12.7 Å². The third kappa shape index (κ3) is 5.01. The van der Waals surface area contributed by atoms with Crippen LogP contribution in [-0.2, 0) is 6.42 Å². The molecule has 138 valence electrons. The highest BCUT2D eigenvalue weighted by molar-refractivity contribution is 6.31. The average Bonchev–Trinajstić information content (AvgIpc) is 2.67. The van der Waals surface area contributed by atoms with E-state index in [9.17, 15) is 9.18 Å². The highest BCUT2D eigenvalue weighted by Gasteiger charge is 2.10. The van der Waals surface area contributed by atoms with Gasteiger partial charge in [0, 0.05) is 29.6 Å². The number of anilines is 2. The Bertz CT molecular complexity index is 930. The molecule has 0 radical (unpaired) electrons. The number of rotatable bonds is 6. The second-order valence-corrected chi connectivity index (χ2v) is 6.37. The summed E-state index contributed by atoms with van der Waals surface area (Å²) in [5, 5.41) is 6.46. The first kappa shape index (κ1) is 18.8. The molecule has 2 aromatic carbocycles. The van der Waals surface area contributed by atoms with Crippen molar-refractivity contribution in [2.75, 3.05) is 17.2 Å². The number of carbonyl (C=O) groups is 1. The normalized spacial score (nSPS) is 10.5. The first-order valence-corrected chi connectivity index (χ1v) is 8.77. The van der Waals surface area contributed by atoms with E-state index in [1.807, 2.05) is 6.92 Å². The summed E-state index contributed by atoms with van der Waals surface area (Å²) in [4.78, 5) is 20.6. The Morgan fingerprint density at radius 3 is 2.52 bits per heavy atom. The predicted molar refractivity (Wildman–Crippen MR) is 105 cm³/mol. The number of amides is 1. The van der Waals surface area contributed by atoms with E-state index in [2.05, 4.69) is 20.6 Å². The Balaban J connectivity index is 1.55. The molecule has 0 atom stereocenters. The third-order valence-corrected chi connectivity index (χ3v) is 4.45. The molecule has 0 unspecified atom stereocenters. The molecule has 0 aliphatic carbocycles. The van der Waals surface area contributed by atoms with Crippen LogP contribution in [0.25, 0.3) is 0 Å². The van der Waals surface area contributed by atoms with E-state index in [4.69, 9.17) is 11.6 Å². The molecule has 0 saturated carbocycles. The molecule has 5 nitrogen and oxygen atoms in total. The molecule has 0 aliphatic heterocycles. The maximum absolute atomic E-state index is 12.9. The molecule has 27 heavy (non-hydrogen) atoms. The second-order valence-electron chi connectivity index (χ2n) is 5.97. The van der Waals surface area contributed by atoms with Crippen LogP contribution in [0.4, 0.5) is 16.0 Å². The van der Waals surface area contributed by atoms with Crippen molar-refractivity contribution in [3.8, 4) is 0 Å². The molecule has 0 aliphatic rings. The quantitative estimate of drug-likeness (QED) is 0.657. The van der Waals surface area contributed by atoms with Crippen molar-refractivity contribution in [3.63, 3.8) is 0 Å². The van der Waals surface area contributed by atoms with Crippen LogP contribution in [0.5, 0.6) is 0 Å². The summed E-state index contributed by atoms with van der Waals surface area (Å²) in [5.41, 5.74) is 2.80. The predicted octanol–water partition coefficient (Wildman–Crippen LogP) is 4.48. The Morgan fingerprint density at radius 2 is 1.81 bits per heavy atom. The summed E-state index contributed by atoms with van der Waals surface area (Å²) in [6.45, 7) is 2.43. The lowest BCUT2D eigenvalue weighted by atomic mass is 10.1. The number of halogens is 2. The zero-order valence-electron chi connectivity index (χ0n) is 14.7. The number of carbonyl (C=O) groups excluding carboxylic acids is 1. The standard InChI is InChI=1S/C20H18ClFN4O/c1-13-17(21)3-2-4-18(13)26-19(27)15-11-24-20(25-12-15)23-10-9-14-5-7-16(22)8-6-14/h2-8,11-12H,9-10H2,1H3,(H,26,27)(H,23,24,25). The Kier molecular flexibility index (Phi) is 5.98. The molecule has 2 N–H and O–H groups in total. The van der Waals surface area contributed by atoms with Crippen molar-refractivity contribution < 1.29 is 9.18 Å². The van der Waals surface area contributed by atoms with Gasteiger partial charge in [-0.3, -0.25) is 4.79 Å². The Hall–Kier alpha value is -2.99. The van der Waals surface area contributed by atoms with Crippen LogP contribution in [-0.4, -0.2) is 22.4 Å². The van der Waals surface area contributed by atoms with Gasteiger partial charge in [-0.1, -0.05) is 29.8 Å². The van der Waals surface area contributed by atoms with Crippen LogP contribution in [0.3, 0.4) is 0 Å². The van der Waals surface area contributed by atoms with Gasteiger partial charge in [0.15, 0.2) is 0 Å². The van der Waals surface area contributed by atoms with Gasteiger partial charge in [-0.25, -0.2) is 14.4 Å². The second kappa shape index (κ2) is 8.60. The molecule has 1 aromatic heterocycles. The van der Waals surface area contributed by atoms with E-state index in [1.165, 1.54) is 24.5 Å². The first-order valence-electron chi connectivity index (χ1n) is 8.40. The first-order chi connectivity index (χ1) is 13.0. The van der Waals surface area contributed by atoms with Gasteiger partial charge >= 0.3 is 0 Å². The molecule has 3 rings (SSSR count). The lowest BCUT2D eigenvalue weighted by Crippen LogP contribution is -2.14. The summed E-state index contributed by atoms with van der Waals surface area (Å²) in [6, 6.07) is 11.7. The number of hydrogen-bond donors (Lipinski definition) is 2. The summed E-state index contributed by atoms with van der Waals surface area (Å²) < 4.78 is 12.9. The number of nitrogens with one attached hydrogen (secondary N) is 2. The van der Waals surface area contributed by atoms with Crippen molar-refractivity contribution in [2.24, 2.45) is 0 Å². The van der Waals surface area contributed by atoms with Gasteiger partial charge in [0.2, 0.25) is 5.95 Å². The molecule has 3 aromatic rings. The van der Waals surface area contributed by atoms with E-state index >= 15 is 0 Å². The van der Waals surface area contributed by atoms with Crippen LogP contribution in [0.2, 0.25) is 5.02 Å². The zero-order chi connectivity index (χ0) is 19.2. The van der Waals surface area contributed by atoms with Crippen molar-refractivity contribution >= 4 is 29.1 Å². The van der Waals surface area contributed by atoms with Crippen LogP contribution in [0.1, 0.15) is 21.5 Å². The van der Waals surface area contributed by atoms with Gasteiger partial charge in [-0.05, 0) is 48.7 Å². The fourth-order valence-corrected chi connectivity index (χ4v) is 2.62. The Morgan fingerprint density at radius 1 is 1.11 bits per heavy atom. The molecule has 1 amide bonds. The summed E-state index contributed by atoms with van der Waals surface area (Å²) >= 11 is 6.06. The molecule has 0 fully saturated rings. The van der Waals surface area contributed by atoms with E-state index in [-0.39, 0.29) is 11.7 Å². The van der Waals surface area contributed by atoms with Crippen molar-refractivity contribution in [1.82, 2.24) is 9.97 Å². The lowest BCUT2D eigenvalue weighted by molar-refractivity contribution is 0.102. The monoisotopic (exact) mass is 384 g/mol. The maximum Gasteiger partial charge on any atom is 0.258 e. The van der Waals surface area contributed by atoms with Gasteiger partial charge in [0.1, 0.15) is 5.82 Å². The molecule has 7 heteroatoms. The highest BCUT2D eigenvalue weighted by atomic mass is 35.5. The summed E-state index contributed by atoms with van der Waals surface area (Å²) in [7, 11) is 0. The largest absolute Gasteiger partial charge is 0.354 e. The molecule has 0 bridgehead atoms. The number of nitrogens with zero attached hydrogens (tertiary/aromatic N) is 2. The summed E-state index contributed by atoms with van der Waals surface area (Å²) in [5.74, 6) is -0.136. The minimum Gasteiger partial charge on any atom is -0.354 e. The molecule has 0 saturated heterocycles. The van der Waals surface area contributed by atoms with Gasteiger partial charge in [-0.2, -0.15) is 0 Å². The van der Waals surface area contributed by atoms with Crippen molar-refractivity contribution in [3.05, 3.63) is 82.4 Å². The van der Waals surface area contributed by atoms with Gasteiger partial charge in [-0.15, -0.1) is 0 Å². The third-order valence-electron chi connectivity index (χ3n) is 4.04. The average molecular weight is 385 g/mol. The Labute approximate surface area is 161 Å². The topological polar surface area (TPSA) is 66.9 Å². The van der Waals surface area contributed by atoms with E-state index in [0.717, 1.165) is 11.1 Å². The number of benzene rings is 2. The van der Waals surface area contributed by atoms with Gasteiger partial charge in [0.25, 0.3) is 5.91 Å². The highest BCUT2D eigenvalue weighted by Crippen LogP contribution is 2.23. The fraction of sp³-hybridized carbons (Fsp3) is 0.150. The summed E-state index contributed by atoms with van der Waals surface area (Å²) in [6.07, 6.45) is 3.63. The molecule has 1 heterocycles. The van der Waals surface area contributed by atoms with Crippen LogP contribution >= 0.6 is 11.6 Å².